The van der Waals surface area contributed by atoms with Gasteiger partial charge in [-0.1, -0.05) is 12.8 Å². The fourth-order valence-corrected chi connectivity index (χ4v) is 2.45. The summed E-state index contributed by atoms with van der Waals surface area (Å²) in [6.45, 7) is 0.114. The van der Waals surface area contributed by atoms with Gasteiger partial charge in [-0.05, 0) is 12.8 Å². The second-order valence-electron chi connectivity index (χ2n) is 4.40. The van der Waals surface area contributed by atoms with E-state index in [1.54, 1.807) is 0 Å². The van der Waals surface area contributed by atoms with Crippen molar-refractivity contribution in [3.8, 4) is 0 Å². The number of oxazole rings is 1. The molecule has 1 aromatic rings. The summed E-state index contributed by atoms with van der Waals surface area (Å²) in [5, 5.41) is 0. The Labute approximate surface area is 97.2 Å². The van der Waals surface area contributed by atoms with Crippen molar-refractivity contribution in [3.63, 3.8) is 0 Å². The Hall–Kier alpha value is -1.04. The molecular weight excluding hydrogens is 233 g/mol. The van der Waals surface area contributed by atoms with E-state index in [0.29, 0.717) is 24.5 Å². The van der Waals surface area contributed by atoms with Gasteiger partial charge in [0.25, 0.3) is 0 Å². The highest BCUT2D eigenvalue weighted by atomic mass is 19.4. The molecule has 0 radical (unpaired) electrons. The van der Waals surface area contributed by atoms with Crippen LogP contribution in [0.3, 0.4) is 0 Å². The molecule has 17 heavy (non-hydrogen) atoms. The SMILES string of the molecule is NCc1ncc(C2CCCCC2C(F)(F)F)o1. The lowest BCUT2D eigenvalue weighted by Crippen LogP contribution is -2.31. The van der Waals surface area contributed by atoms with Gasteiger partial charge in [-0.3, -0.25) is 0 Å². The number of hydrogen-bond acceptors (Lipinski definition) is 3. The molecule has 1 fully saturated rings. The second kappa shape index (κ2) is 4.68. The highest BCUT2D eigenvalue weighted by molar-refractivity contribution is 5.06. The van der Waals surface area contributed by atoms with Crippen molar-refractivity contribution in [2.24, 2.45) is 11.7 Å². The summed E-state index contributed by atoms with van der Waals surface area (Å²) in [5.41, 5.74) is 5.33. The molecule has 2 N–H and O–H groups in total. The number of alkyl halides is 3. The zero-order chi connectivity index (χ0) is 12.5. The van der Waals surface area contributed by atoms with Crippen LogP contribution in [0.5, 0.6) is 0 Å². The average Bonchev–Trinajstić information content (AvgIpc) is 2.76. The van der Waals surface area contributed by atoms with Crippen molar-refractivity contribution in [1.82, 2.24) is 4.98 Å². The van der Waals surface area contributed by atoms with Crippen molar-refractivity contribution >= 4 is 0 Å². The zero-order valence-electron chi connectivity index (χ0n) is 9.33. The van der Waals surface area contributed by atoms with Gasteiger partial charge in [0.05, 0.1) is 18.7 Å². The van der Waals surface area contributed by atoms with Crippen molar-refractivity contribution in [2.45, 2.75) is 44.3 Å². The van der Waals surface area contributed by atoms with Gasteiger partial charge >= 0.3 is 6.18 Å². The molecule has 96 valence electrons. The van der Waals surface area contributed by atoms with Crippen LogP contribution < -0.4 is 5.73 Å². The minimum atomic E-state index is -4.17. The molecule has 2 atom stereocenters. The molecule has 1 aliphatic carbocycles. The molecule has 2 rings (SSSR count). The van der Waals surface area contributed by atoms with Gasteiger partial charge in [-0.25, -0.2) is 4.98 Å². The van der Waals surface area contributed by atoms with E-state index >= 15 is 0 Å². The third-order valence-electron chi connectivity index (χ3n) is 3.30. The van der Waals surface area contributed by atoms with Crippen molar-refractivity contribution in [3.05, 3.63) is 17.8 Å². The Bertz CT molecular complexity index is 375. The van der Waals surface area contributed by atoms with E-state index in [-0.39, 0.29) is 13.0 Å². The van der Waals surface area contributed by atoms with E-state index in [0.717, 1.165) is 6.42 Å². The van der Waals surface area contributed by atoms with Gasteiger partial charge in [0, 0.05) is 5.92 Å². The molecule has 6 heteroatoms. The average molecular weight is 248 g/mol. The minimum Gasteiger partial charge on any atom is -0.444 e. The molecule has 0 bridgehead atoms. The molecular formula is C11H15F3N2O. The standard InChI is InChI=1S/C11H15F3N2O/c12-11(13,14)8-4-2-1-3-7(8)9-6-16-10(5-15)17-9/h6-8H,1-5,15H2. The number of hydrogen-bond donors (Lipinski definition) is 1. The quantitative estimate of drug-likeness (QED) is 0.875. The predicted octanol–water partition coefficient (Wildman–Crippen LogP) is 2.97. The summed E-state index contributed by atoms with van der Waals surface area (Å²) in [7, 11) is 0. The van der Waals surface area contributed by atoms with E-state index in [1.807, 2.05) is 0 Å². The second-order valence-corrected chi connectivity index (χ2v) is 4.40. The van der Waals surface area contributed by atoms with Gasteiger partial charge in [0.15, 0.2) is 0 Å². The van der Waals surface area contributed by atoms with Crippen LogP contribution in [-0.2, 0) is 6.54 Å². The molecule has 1 aliphatic rings. The van der Waals surface area contributed by atoms with E-state index in [2.05, 4.69) is 4.98 Å². The van der Waals surface area contributed by atoms with Crippen LogP contribution in [0.15, 0.2) is 10.6 Å². The molecule has 0 aliphatic heterocycles. The summed E-state index contributed by atoms with van der Waals surface area (Å²) in [6, 6.07) is 0. The van der Waals surface area contributed by atoms with Gasteiger partial charge in [0.1, 0.15) is 5.76 Å². The number of halogens is 3. The van der Waals surface area contributed by atoms with Gasteiger partial charge in [0.2, 0.25) is 5.89 Å². The maximum Gasteiger partial charge on any atom is 0.392 e. The smallest absolute Gasteiger partial charge is 0.392 e. The largest absolute Gasteiger partial charge is 0.444 e. The molecule has 1 heterocycles. The Morgan fingerprint density at radius 1 is 1.35 bits per heavy atom. The van der Waals surface area contributed by atoms with Gasteiger partial charge in [-0.15, -0.1) is 0 Å². The lowest BCUT2D eigenvalue weighted by atomic mass is 9.77. The molecule has 0 saturated heterocycles. The topological polar surface area (TPSA) is 52.0 Å². The van der Waals surface area contributed by atoms with E-state index in [9.17, 15) is 13.2 Å². The monoisotopic (exact) mass is 248 g/mol. The third-order valence-corrected chi connectivity index (χ3v) is 3.30. The van der Waals surface area contributed by atoms with Crippen LogP contribution >= 0.6 is 0 Å². The van der Waals surface area contributed by atoms with Crippen LogP contribution in [0.25, 0.3) is 0 Å². The summed E-state index contributed by atoms with van der Waals surface area (Å²) in [5.74, 6) is -1.29. The van der Waals surface area contributed by atoms with Gasteiger partial charge in [-0.2, -0.15) is 13.2 Å². The number of rotatable bonds is 2. The van der Waals surface area contributed by atoms with E-state index < -0.39 is 18.0 Å². The number of nitrogens with zero attached hydrogens (tertiary/aromatic N) is 1. The van der Waals surface area contributed by atoms with Crippen LogP contribution in [-0.4, -0.2) is 11.2 Å². The van der Waals surface area contributed by atoms with Crippen LogP contribution in [0, 0.1) is 5.92 Å². The molecule has 1 saturated carbocycles. The Morgan fingerprint density at radius 2 is 2.06 bits per heavy atom. The molecule has 0 amide bonds. The predicted molar refractivity (Wildman–Crippen MR) is 55.1 cm³/mol. The van der Waals surface area contributed by atoms with Crippen LogP contribution in [0.2, 0.25) is 0 Å². The van der Waals surface area contributed by atoms with Crippen molar-refractivity contribution in [2.75, 3.05) is 0 Å². The first-order chi connectivity index (χ1) is 8.02. The summed E-state index contributed by atoms with van der Waals surface area (Å²) in [6.07, 6.45) is -0.678. The van der Waals surface area contributed by atoms with Crippen molar-refractivity contribution < 1.29 is 17.6 Å². The normalized spacial score (nSPS) is 26.1. The maximum atomic E-state index is 12.9. The first-order valence-electron chi connectivity index (χ1n) is 5.73. The summed E-state index contributed by atoms with van der Waals surface area (Å²) in [4.78, 5) is 3.87. The fourth-order valence-electron chi connectivity index (χ4n) is 2.45. The van der Waals surface area contributed by atoms with E-state index in [4.69, 9.17) is 10.2 Å². The number of aromatic nitrogens is 1. The Kier molecular flexibility index (Phi) is 3.42. The Balaban J connectivity index is 2.21. The first kappa shape index (κ1) is 12.4. The lowest BCUT2D eigenvalue weighted by molar-refractivity contribution is -0.188. The molecule has 2 unspecified atom stereocenters. The van der Waals surface area contributed by atoms with Crippen LogP contribution in [0.4, 0.5) is 13.2 Å². The first-order valence-corrected chi connectivity index (χ1v) is 5.73. The maximum absolute atomic E-state index is 12.9. The molecule has 0 spiro atoms. The molecule has 3 nitrogen and oxygen atoms in total. The van der Waals surface area contributed by atoms with E-state index in [1.165, 1.54) is 6.20 Å². The minimum absolute atomic E-state index is 0.114. The lowest BCUT2D eigenvalue weighted by Gasteiger charge is -2.31. The van der Waals surface area contributed by atoms with Crippen molar-refractivity contribution in [1.29, 1.82) is 0 Å². The third kappa shape index (κ3) is 2.62. The summed E-state index contributed by atoms with van der Waals surface area (Å²) < 4.78 is 43.9. The Morgan fingerprint density at radius 3 is 2.65 bits per heavy atom. The zero-order valence-corrected chi connectivity index (χ0v) is 9.33. The molecule has 1 aromatic heterocycles. The van der Waals surface area contributed by atoms with Crippen LogP contribution in [0.1, 0.15) is 43.3 Å². The highest BCUT2D eigenvalue weighted by Crippen LogP contribution is 2.46. The number of nitrogens with two attached hydrogens (primary N) is 1. The highest BCUT2D eigenvalue weighted by Gasteiger charge is 2.47. The fraction of sp³-hybridized carbons (Fsp3) is 0.727. The molecule has 0 aromatic carbocycles. The summed E-state index contributed by atoms with van der Waals surface area (Å²) >= 11 is 0. The van der Waals surface area contributed by atoms with Gasteiger partial charge < -0.3 is 10.2 Å².